The molecule has 0 radical (unpaired) electrons. The van der Waals surface area contributed by atoms with E-state index in [1.165, 1.54) is 25.7 Å². The lowest BCUT2D eigenvalue weighted by atomic mass is 9.60. The van der Waals surface area contributed by atoms with Crippen LogP contribution in [0.5, 0.6) is 5.75 Å². The molecule has 1 heterocycles. The number of hydrogen-bond donors (Lipinski definition) is 1. The third-order valence-corrected chi connectivity index (χ3v) is 5.16. The van der Waals surface area contributed by atoms with Crippen molar-refractivity contribution >= 4 is 15.9 Å². The summed E-state index contributed by atoms with van der Waals surface area (Å²) in [6.45, 7) is 3.24. The van der Waals surface area contributed by atoms with Crippen molar-refractivity contribution in [1.82, 2.24) is 10.3 Å². The molecule has 3 nitrogen and oxygen atoms in total. The van der Waals surface area contributed by atoms with Gasteiger partial charge in [-0.3, -0.25) is 4.98 Å². The number of halogens is 1. The van der Waals surface area contributed by atoms with Gasteiger partial charge in [0.2, 0.25) is 0 Å². The van der Waals surface area contributed by atoms with Crippen LogP contribution >= 0.6 is 15.9 Å². The fourth-order valence-corrected chi connectivity index (χ4v) is 4.11. The number of nitrogens with one attached hydrogen (secondary N) is 1. The van der Waals surface area contributed by atoms with Gasteiger partial charge in [-0.15, -0.1) is 0 Å². The second-order valence-corrected chi connectivity index (χ2v) is 6.65. The molecule has 0 saturated heterocycles. The molecule has 2 fully saturated rings. The first kappa shape index (κ1) is 13.4. The molecular weight excluding hydrogens is 304 g/mol. The monoisotopic (exact) mass is 324 g/mol. The Labute approximate surface area is 123 Å². The average Bonchev–Trinajstić information content (AvgIpc) is 2.90. The van der Waals surface area contributed by atoms with Gasteiger partial charge in [0.05, 0.1) is 6.20 Å². The highest BCUT2D eigenvalue weighted by atomic mass is 79.9. The van der Waals surface area contributed by atoms with E-state index in [1.807, 2.05) is 12.3 Å². The molecule has 1 aromatic rings. The third kappa shape index (κ3) is 2.40. The summed E-state index contributed by atoms with van der Waals surface area (Å²) in [5, 5.41) is 3.64. The van der Waals surface area contributed by atoms with Crippen LogP contribution in [-0.4, -0.2) is 23.7 Å². The summed E-state index contributed by atoms with van der Waals surface area (Å²) in [7, 11) is 0. The quantitative estimate of drug-likeness (QED) is 0.919. The number of pyridine rings is 1. The van der Waals surface area contributed by atoms with Crippen LogP contribution in [0.4, 0.5) is 0 Å². The van der Waals surface area contributed by atoms with Gasteiger partial charge in [0.1, 0.15) is 11.9 Å². The van der Waals surface area contributed by atoms with E-state index in [-0.39, 0.29) is 0 Å². The molecule has 104 valence electrons. The highest BCUT2D eigenvalue weighted by molar-refractivity contribution is 9.10. The summed E-state index contributed by atoms with van der Waals surface area (Å²) in [5.74, 6) is 0.889. The smallest absolute Gasteiger partial charge is 0.139 e. The van der Waals surface area contributed by atoms with Crippen molar-refractivity contribution in [3.8, 4) is 5.75 Å². The fraction of sp³-hybridized carbons (Fsp3) is 0.667. The number of nitrogens with zero attached hydrogens (tertiary/aromatic N) is 1. The molecule has 2 unspecified atom stereocenters. The zero-order valence-corrected chi connectivity index (χ0v) is 12.9. The largest absolute Gasteiger partial charge is 0.488 e. The van der Waals surface area contributed by atoms with E-state index in [9.17, 15) is 0 Å². The summed E-state index contributed by atoms with van der Waals surface area (Å²) in [5.41, 5.74) is 0.373. The summed E-state index contributed by atoms with van der Waals surface area (Å²) in [6, 6.07) is 2.65. The van der Waals surface area contributed by atoms with Crippen LogP contribution < -0.4 is 10.1 Å². The molecule has 3 rings (SSSR count). The van der Waals surface area contributed by atoms with E-state index in [1.54, 1.807) is 6.20 Å². The van der Waals surface area contributed by atoms with Crippen LogP contribution in [-0.2, 0) is 0 Å². The van der Waals surface area contributed by atoms with E-state index >= 15 is 0 Å². The van der Waals surface area contributed by atoms with Gasteiger partial charge < -0.3 is 10.1 Å². The number of hydrogen-bond acceptors (Lipinski definition) is 3. The molecule has 2 atom stereocenters. The molecule has 1 spiro atoms. The molecule has 4 heteroatoms. The van der Waals surface area contributed by atoms with Crippen molar-refractivity contribution in [1.29, 1.82) is 0 Å². The first-order chi connectivity index (χ1) is 9.24. The number of rotatable bonds is 4. The Balaban J connectivity index is 1.72. The Bertz CT molecular complexity index is 446. The topological polar surface area (TPSA) is 34.1 Å². The van der Waals surface area contributed by atoms with Gasteiger partial charge in [-0.2, -0.15) is 0 Å². The van der Waals surface area contributed by atoms with Crippen molar-refractivity contribution in [2.24, 2.45) is 5.41 Å². The lowest BCUT2D eigenvalue weighted by molar-refractivity contribution is -0.0757. The number of ether oxygens (including phenoxy) is 1. The van der Waals surface area contributed by atoms with E-state index in [0.717, 1.165) is 23.2 Å². The van der Waals surface area contributed by atoms with Gasteiger partial charge >= 0.3 is 0 Å². The van der Waals surface area contributed by atoms with Crippen molar-refractivity contribution in [3.05, 3.63) is 22.9 Å². The number of aromatic nitrogens is 1. The third-order valence-electron chi connectivity index (χ3n) is 4.73. The maximum atomic E-state index is 6.21. The lowest BCUT2D eigenvalue weighted by Gasteiger charge is -2.54. The molecule has 0 aliphatic heterocycles. The Kier molecular flexibility index (Phi) is 3.81. The van der Waals surface area contributed by atoms with Crippen molar-refractivity contribution < 1.29 is 4.74 Å². The highest BCUT2D eigenvalue weighted by Crippen LogP contribution is 2.54. The Morgan fingerprint density at radius 2 is 2.21 bits per heavy atom. The molecule has 2 aliphatic carbocycles. The molecule has 2 saturated carbocycles. The van der Waals surface area contributed by atoms with Crippen LogP contribution in [0.3, 0.4) is 0 Å². The second kappa shape index (κ2) is 5.41. The summed E-state index contributed by atoms with van der Waals surface area (Å²) in [6.07, 6.45) is 10.4. The minimum Gasteiger partial charge on any atom is -0.488 e. The molecule has 19 heavy (non-hydrogen) atoms. The Hall–Kier alpha value is -0.610. The van der Waals surface area contributed by atoms with Gasteiger partial charge in [-0.1, -0.05) is 19.8 Å². The zero-order valence-electron chi connectivity index (χ0n) is 11.4. The first-order valence-electron chi connectivity index (χ1n) is 7.25. The normalized spacial score (nSPS) is 28.3. The predicted octanol–water partition coefficient (Wildman–Crippen LogP) is 3.53. The van der Waals surface area contributed by atoms with Gasteiger partial charge in [0.25, 0.3) is 0 Å². The van der Waals surface area contributed by atoms with Crippen molar-refractivity contribution in [3.63, 3.8) is 0 Å². The molecule has 2 aliphatic rings. The first-order valence-corrected chi connectivity index (χ1v) is 8.04. The summed E-state index contributed by atoms with van der Waals surface area (Å²) in [4.78, 5) is 4.18. The van der Waals surface area contributed by atoms with Crippen LogP contribution in [0.1, 0.15) is 39.0 Å². The van der Waals surface area contributed by atoms with E-state index in [2.05, 4.69) is 33.2 Å². The second-order valence-electron chi connectivity index (χ2n) is 5.73. The Morgan fingerprint density at radius 1 is 1.42 bits per heavy atom. The summed E-state index contributed by atoms with van der Waals surface area (Å²) < 4.78 is 7.19. The molecule has 1 aromatic heterocycles. The SMILES string of the molecule is CCNC1CC(Oc2cncc(Br)c2)C12CCCC2. The zero-order chi connectivity index (χ0) is 13.3. The van der Waals surface area contributed by atoms with Gasteiger partial charge in [0, 0.05) is 28.5 Å². The van der Waals surface area contributed by atoms with Crippen LogP contribution in [0.2, 0.25) is 0 Å². The lowest BCUT2D eigenvalue weighted by Crippen LogP contribution is -2.63. The average molecular weight is 325 g/mol. The Morgan fingerprint density at radius 3 is 2.89 bits per heavy atom. The molecular formula is C15H21BrN2O. The molecule has 0 amide bonds. The van der Waals surface area contributed by atoms with Crippen molar-refractivity contribution in [2.45, 2.75) is 51.2 Å². The van der Waals surface area contributed by atoms with E-state index < -0.39 is 0 Å². The predicted molar refractivity (Wildman–Crippen MR) is 79.3 cm³/mol. The molecule has 0 aromatic carbocycles. The van der Waals surface area contributed by atoms with Crippen LogP contribution in [0.15, 0.2) is 22.9 Å². The van der Waals surface area contributed by atoms with Gasteiger partial charge in [-0.05, 0) is 41.4 Å². The van der Waals surface area contributed by atoms with E-state index in [0.29, 0.717) is 17.6 Å². The molecule has 1 N–H and O–H groups in total. The fourth-order valence-electron chi connectivity index (χ4n) is 3.77. The highest BCUT2D eigenvalue weighted by Gasteiger charge is 2.57. The molecule has 0 bridgehead atoms. The van der Waals surface area contributed by atoms with Crippen molar-refractivity contribution in [2.75, 3.05) is 6.54 Å². The summed E-state index contributed by atoms with van der Waals surface area (Å²) >= 11 is 3.45. The van der Waals surface area contributed by atoms with Gasteiger partial charge in [-0.25, -0.2) is 0 Å². The minimum atomic E-state index is 0.357. The van der Waals surface area contributed by atoms with Crippen LogP contribution in [0, 0.1) is 5.41 Å². The maximum absolute atomic E-state index is 6.21. The van der Waals surface area contributed by atoms with Crippen LogP contribution in [0.25, 0.3) is 0 Å². The minimum absolute atomic E-state index is 0.357. The van der Waals surface area contributed by atoms with Gasteiger partial charge in [0.15, 0.2) is 0 Å². The maximum Gasteiger partial charge on any atom is 0.139 e. The standard InChI is InChI=1S/C15H21BrN2O/c1-2-18-13-8-14(15(13)5-3-4-6-15)19-12-7-11(16)9-17-10-12/h7,9-10,13-14,18H,2-6,8H2,1H3. The van der Waals surface area contributed by atoms with E-state index in [4.69, 9.17) is 4.74 Å².